The van der Waals surface area contributed by atoms with Crippen molar-refractivity contribution < 1.29 is 4.74 Å². The van der Waals surface area contributed by atoms with E-state index in [1.54, 1.807) is 0 Å². The van der Waals surface area contributed by atoms with Crippen molar-refractivity contribution in [2.24, 2.45) is 0 Å². The van der Waals surface area contributed by atoms with Crippen LogP contribution < -0.4 is 4.74 Å². The molecule has 4 heteroatoms. The van der Waals surface area contributed by atoms with Crippen LogP contribution in [0.1, 0.15) is 5.56 Å². The molecule has 4 aromatic rings. The van der Waals surface area contributed by atoms with Gasteiger partial charge in [0, 0.05) is 10.6 Å². The summed E-state index contributed by atoms with van der Waals surface area (Å²) >= 11 is 5.93. The summed E-state index contributed by atoms with van der Waals surface area (Å²) in [5, 5.41) is 1.61. The molecule has 122 valence electrons. The van der Waals surface area contributed by atoms with Crippen LogP contribution in [0.4, 0.5) is 0 Å². The molecule has 0 spiro atoms. The third kappa shape index (κ3) is 3.47. The fourth-order valence-corrected chi connectivity index (χ4v) is 2.73. The van der Waals surface area contributed by atoms with E-state index in [1.165, 1.54) is 0 Å². The van der Waals surface area contributed by atoms with Crippen molar-refractivity contribution in [1.29, 1.82) is 0 Å². The summed E-state index contributed by atoms with van der Waals surface area (Å²) in [7, 11) is 0. The highest BCUT2D eigenvalue weighted by Gasteiger charge is 2.10. The third-order valence-corrected chi connectivity index (χ3v) is 4.14. The number of hydrogen-bond donors (Lipinski definition) is 0. The number of benzene rings is 3. The van der Waals surface area contributed by atoms with E-state index in [1.807, 2.05) is 78.9 Å². The van der Waals surface area contributed by atoms with Gasteiger partial charge in [0.2, 0.25) is 5.88 Å². The molecule has 0 atom stereocenters. The van der Waals surface area contributed by atoms with Gasteiger partial charge in [-0.1, -0.05) is 66.2 Å². The summed E-state index contributed by atoms with van der Waals surface area (Å²) in [4.78, 5) is 9.31. The van der Waals surface area contributed by atoms with Crippen LogP contribution >= 0.6 is 11.6 Å². The van der Waals surface area contributed by atoms with Gasteiger partial charge in [-0.2, -0.15) is 4.98 Å². The topological polar surface area (TPSA) is 35.0 Å². The molecule has 0 aliphatic heterocycles. The highest BCUT2D eigenvalue weighted by Crippen LogP contribution is 2.27. The highest BCUT2D eigenvalue weighted by atomic mass is 35.5. The smallest absolute Gasteiger partial charge is 0.225 e. The van der Waals surface area contributed by atoms with Crippen molar-refractivity contribution in [2.75, 3.05) is 0 Å². The van der Waals surface area contributed by atoms with E-state index in [0.717, 1.165) is 22.0 Å². The maximum Gasteiger partial charge on any atom is 0.225 e. The molecule has 0 saturated heterocycles. The summed E-state index contributed by atoms with van der Waals surface area (Å²) in [5.74, 6) is 1.24. The van der Waals surface area contributed by atoms with Gasteiger partial charge in [-0.05, 0) is 29.8 Å². The number of hydrogen-bond acceptors (Lipinski definition) is 3. The highest BCUT2D eigenvalue weighted by molar-refractivity contribution is 6.30. The van der Waals surface area contributed by atoms with Crippen LogP contribution in [0.5, 0.6) is 5.88 Å². The largest absolute Gasteiger partial charge is 0.472 e. The van der Waals surface area contributed by atoms with Gasteiger partial charge >= 0.3 is 0 Å². The van der Waals surface area contributed by atoms with E-state index >= 15 is 0 Å². The molecular formula is C21H15ClN2O. The SMILES string of the molecule is Clc1ccc(COc2nc(-c3ccccc3)nc3ccccc23)cc1. The summed E-state index contributed by atoms with van der Waals surface area (Å²) in [6.07, 6.45) is 0. The molecule has 0 saturated carbocycles. The number of nitrogens with zero attached hydrogens (tertiary/aromatic N) is 2. The monoisotopic (exact) mass is 346 g/mol. The van der Waals surface area contributed by atoms with Crippen molar-refractivity contribution in [2.45, 2.75) is 6.61 Å². The maximum absolute atomic E-state index is 6.01. The van der Waals surface area contributed by atoms with Crippen molar-refractivity contribution >= 4 is 22.5 Å². The van der Waals surface area contributed by atoms with Crippen LogP contribution in [0.2, 0.25) is 5.02 Å². The zero-order valence-corrected chi connectivity index (χ0v) is 14.1. The summed E-state index contributed by atoms with van der Waals surface area (Å²) in [6, 6.07) is 25.4. The standard InChI is InChI=1S/C21H15ClN2O/c22-17-12-10-15(11-13-17)14-25-21-18-8-4-5-9-19(18)23-20(24-21)16-6-2-1-3-7-16/h1-13H,14H2. The molecule has 1 heterocycles. The molecule has 0 unspecified atom stereocenters. The predicted molar refractivity (Wildman–Crippen MR) is 101 cm³/mol. The van der Waals surface area contributed by atoms with Gasteiger partial charge in [0.05, 0.1) is 10.9 Å². The summed E-state index contributed by atoms with van der Waals surface area (Å²) in [5.41, 5.74) is 2.86. The first-order valence-electron chi connectivity index (χ1n) is 7.99. The minimum Gasteiger partial charge on any atom is -0.472 e. The molecule has 0 aliphatic carbocycles. The Morgan fingerprint density at radius 2 is 1.48 bits per heavy atom. The number of rotatable bonds is 4. The van der Waals surface area contributed by atoms with Gasteiger partial charge in [-0.3, -0.25) is 0 Å². The Morgan fingerprint density at radius 3 is 2.28 bits per heavy atom. The minimum absolute atomic E-state index is 0.423. The molecule has 3 aromatic carbocycles. The van der Waals surface area contributed by atoms with Crippen LogP contribution in [0.15, 0.2) is 78.9 Å². The number of aromatic nitrogens is 2. The number of halogens is 1. The number of para-hydroxylation sites is 1. The predicted octanol–water partition coefficient (Wildman–Crippen LogP) is 5.53. The molecule has 0 N–H and O–H groups in total. The Bertz CT molecular complexity index is 1000. The molecule has 0 amide bonds. The Morgan fingerprint density at radius 1 is 0.760 bits per heavy atom. The second kappa shape index (κ2) is 6.91. The molecule has 1 aromatic heterocycles. The third-order valence-electron chi connectivity index (χ3n) is 3.89. The second-order valence-electron chi connectivity index (χ2n) is 5.65. The normalized spacial score (nSPS) is 10.8. The average Bonchev–Trinajstić information content (AvgIpc) is 2.68. The van der Waals surface area contributed by atoms with Gasteiger partial charge in [0.15, 0.2) is 5.82 Å². The molecule has 0 radical (unpaired) electrons. The van der Waals surface area contributed by atoms with Crippen molar-refractivity contribution in [3.8, 4) is 17.3 Å². The Labute approximate surface area is 150 Å². The van der Waals surface area contributed by atoms with Crippen LogP contribution in [-0.4, -0.2) is 9.97 Å². The lowest BCUT2D eigenvalue weighted by Crippen LogP contribution is -2.00. The Hall–Kier alpha value is -2.91. The lowest BCUT2D eigenvalue weighted by atomic mass is 10.2. The second-order valence-corrected chi connectivity index (χ2v) is 6.09. The first-order valence-corrected chi connectivity index (χ1v) is 8.37. The van der Waals surface area contributed by atoms with Gasteiger partial charge in [0.25, 0.3) is 0 Å². The van der Waals surface area contributed by atoms with Gasteiger partial charge in [-0.25, -0.2) is 4.98 Å². The summed E-state index contributed by atoms with van der Waals surface area (Å²) < 4.78 is 6.01. The fourth-order valence-electron chi connectivity index (χ4n) is 2.61. The van der Waals surface area contributed by atoms with Crippen LogP contribution in [-0.2, 0) is 6.61 Å². The van der Waals surface area contributed by atoms with Crippen molar-refractivity contribution in [1.82, 2.24) is 9.97 Å². The fraction of sp³-hybridized carbons (Fsp3) is 0.0476. The zero-order chi connectivity index (χ0) is 17.1. The molecule has 3 nitrogen and oxygen atoms in total. The van der Waals surface area contributed by atoms with Crippen LogP contribution in [0.25, 0.3) is 22.3 Å². The van der Waals surface area contributed by atoms with E-state index in [9.17, 15) is 0 Å². The Kier molecular flexibility index (Phi) is 4.32. The average molecular weight is 347 g/mol. The van der Waals surface area contributed by atoms with Crippen LogP contribution in [0, 0.1) is 0 Å². The number of ether oxygens (including phenoxy) is 1. The lowest BCUT2D eigenvalue weighted by molar-refractivity contribution is 0.298. The first kappa shape index (κ1) is 15.6. The van der Waals surface area contributed by atoms with E-state index < -0.39 is 0 Å². The molecule has 0 fully saturated rings. The Balaban J connectivity index is 1.72. The minimum atomic E-state index is 0.423. The van der Waals surface area contributed by atoms with Gasteiger partial charge in [-0.15, -0.1) is 0 Å². The molecule has 4 rings (SSSR count). The van der Waals surface area contributed by atoms with E-state index in [4.69, 9.17) is 16.3 Å². The van der Waals surface area contributed by atoms with Crippen molar-refractivity contribution in [3.05, 3.63) is 89.4 Å². The molecular weight excluding hydrogens is 332 g/mol. The maximum atomic E-state index is 6.01. The van der Waals surface area contributed by atoms with E-state index in [2.05, 4.69) is 9.97 Å². The number of fused-ring (bicyclic) bond motifs is 1. The van der Waals surface area contributed by atoms with Crippen LogP contribution in [0.3, 0.4) is 0 Å². The quantitative estimate of drug-likeness (QED) is 0.487. The van der Waals surface area contributed by atoms with Gasteiger partial charge in [0.1, 0.15) is 6.61 Å². The van der Waals surface area contributed by atoms with Crippen molar-refractivity contribution in [3.63, 3.8) is 0 Å². The summed E-state index contributed by atoms with van der Waals surface area (Å²) in [6.45, 7) is 0.423. The van der Waals surface area contributed by atoms with E-state index in [-0.39, 0.29) is 0 Å². The first-order chi connectivity index (χ1) is 12.3. The lowest BCUT2D eigenvalue weighted by Gasteiger charge is -2.10. The van der Waals surface area contributed by atoms with E-state index in [0.29, 0.717) is 23.3 Å². The molecule has 0 bridgehead atoms. The molecule has 0 aliphatic rings. The zero-order valence-electron chi connectivity index (χ0n) is 13.4. The molecule has 25 heavy (non-hydrogen) atoms. The van der Waals surface area contributed by atoms with Gasteiger partial charge < -0.3 is 4.74 Å².